The Morgan fingerprint density at radius 1 is 1.38 bits per heavy atom. The number of aromatic carboxylic acids is 1. The second-order valence-electron chi connectivity index (χ2n) is 5.92. The molecule has 114 valence electrons. The van der Waals surface area contributed by atoms with Gasteiger partial charge in [0.25, 0.3) is 0 Å². The van der Waals surface area contributed by atoms with Crippen molar-refractivity contribution < 1.29 is 19.4 Å². The van der Waals surface area contributed by atoms with E-state index >= 15 is 0 Å². The molecule has 5 heteroatoms. The highest BCUT2D eigenvalue weighted by molar-refractivity contribution is 14.1. The molecular formula is C16H19IO4. The molecule has 2 aliphatic rings. The number of ether oxygens (including phenoxy) is 2. The van der Waals surface area contributed by atoms with E-state index in [1.807, 2.05) is 0 Å². The van der Waals surface area contributed by atoms with E-state index in [4.69, 9.17) is 14.6 Å². The van der Waals surface area contributed by atoms with Crippen LogP contribution >= 0.6 is 22.6 Å². The van der Waals surface area contributed by atoms with Crippen molar-refractivity contribution in [2.24, 2.45) is 0 Å². The third kappa shape index (κ3) is 3.34. The Bertz CT molecular complexity index is 537. The predicted molar refractivity (Wildman–Crippen MR) is 86.9 cm³/mol. The lowest BCUT2D eigenvalue weighted by Crippen LogP contribution is -2.41. The van der Waals surface area contributed by atoms with Crippen LogP contribution in [0.1, 0.15) is 48.9 Å². The molecule has 1 atom stereocenters. The van der Waals surface area contributed by atoms with Gasteiger partial charge in [-0.15, -0.1) is 0 Å². The van der Waals surface area contributed by atoms with Gasteiger partial charge in [-0.2, -0.15) is 0 Å². The fourth-order valence-corrected chi connectivity index (χ4v) is 3.82. The van der Waals surface area contributed by atoms with Gasteiger partial charge in [0.15, 0.2) is 0 Å². The summed E-state index contributed by atoms with van der Waals surface area (Å²) in [5, 5.41) is 9.10. The van der Waals surface area contributed by atoms with Gasteiger partial charge in [-0.05, 0) is 53.6 Å². The molecule has 3 rings (SSSR count). The Hall–Kier alpha value is -0.820. The highest BCUT2D eigenvalue weighted by Crippen LogP contribution is 2.41. The van der Waals surface area contributed by atoms with E-state index < -0.39 is 5.97 Å². The van der Waals surface area contributed by atoms with Gasteiger partial charge >= 0.3 is 5.97 Å². The lowest BCUT2D eigenvalue weighted by atomic mass is 9.90. The highest BCUT2D eigenvalue weighted by atomic mass is 127. The van der Waals surface area contributed by atoms with Gasteiger partial charge in [0.1, 0.15) is 11.9 Å². The van der Waals surface area contributed by atoms with Crippen LogP contribution < -0.4 is 4.74 Å². The number of carbonyl (C=O) groups is 1. The lowest BCUT2D eigenvalue weighted by Gasteiger charge is -2.38. The molecule has 0 aromatic heterocycles. The second-order valence-corrected chi connectivity index (χ2v) is 7.08. The van der Waals surface area contributed by atoms with Crippen LogP contribution in [0.5, 0.6) is 5.75 Å². The van der Waals surface area contributed by atoms with Gasteiger partial charge in [-0.1, -0.05) is 12.8 Å². The minimum absolute atomic E-state index is 0.0127. The van der Waals surface area contributed by atoms with Gasteiger partial charge in [-0.3, -0.25) is 0 Å². The van der Waals surface area contributed by atoms with Crippen LogP contribution in [0.25, 0.3) is 0 Å². The summed E-state index contributed by atoms with van der Waals surface area (Å²) in [6.07, 6.45) is 6.63. The zero-order valence-corrected chi connectivity index (χ0v) is 14.0. The van der Waals surface area contributed by atoms with Gasteiger partial charge in [0.2, 0.25) is 0 Å². The van der Waals surface area contributed by atoms with E-state index in [1.54, 1.807) is 18.2 Å². The monoisotopic (exact) mass is 402 g/mol. The quantitative estimate of drug-likeness (QED) is 0.781. The number of hydrogen-bond donors (Lipinski definition) is 1. The van der Waals surface area contributed by atoms with Crippen LogP contribution in [-0.2, 0) is 4.74 Å². The number of benzene rings is 1. The Morgan fingerprint density at radius 3 is 2.86 bits per heavy atom. The first kappa shape index (κ1) is 15.1. The number of carboxylic acid groups (broad SMARTS) is 1. The molecule has 1 saturated heterocycles. The summed E-state index contributed by atoms with van der Waals surface area (Å²) in [7, 11) is 0. The van der Waals surface area contributed by atoms with E-state index in [9.17, 15) is 4.79 Å². The maximum Gasteiger partial charge on any atom is 0.335 e. The topological polar surface area (TPSA) is 55.8 Å². The largest absolute Gasteiger partial charge is 0.489 e. The number of hydrogen-bond acceptors (Lipinski definition) is 3. The van der Waals surface area contributed by atoms with Crippen LogP contribution in [0, 0.1) is 3.57 Å². The van der Waals surface area contributed by atoms with E-state index in [0.717, 1.165) is 35.9 Å². The molecule has 1 spiro atoms. The van der Waals surface area contributed by atoms with Crippen molar-refractivity contribution in [2.75, 3.05) is 6.61 Å². The fourth-order valence-electron chi connectivity index (χ4n) is 3.36. The average molecular weight is 402 g/mol. The van der Waals surface area contributed by atoms with Gasteiger partial charge in [0.05, 0.1) is 21.3 Å². The van der Waals surface area contributed by atoms with Crippen molar-refractivity contribution in [1.82, 2.24) is 0 Å². The molecule has 1 aromatic carbocycles. The molecular weight excluding hydrogens is 383 g/mol. The molecule has 0 amide bonds. The van der Waals surface area contributed by atoms with Crippen LogP contribution in [0.2, 0.25) is 0 Å². The highest BCUT2D eigenvalue weighted by Gasteiger charge is 2.40. The molecule has 0 bridgehead atoms. The number of rotatable bonds is 3. The first-order chi connectivity index (χ1) is 10.1. The van der Waals surface area contributed by atoms with Crippen molar-refractivity contribution in [3.8, 4) is 5.75 Å². The van der Waals surface area contributed by atoms with Crippen LogP contribution in [0.15, 0.2) is 18.2 Å². The van der Waals surface area contributed by atoms with E-state index in [1.165, 1.54) is 12.8 Å². The summed E-state index contributed by atoms with van der Waals surface area (Å²) in [4.78, 5) is 11.1. The molecule has 1 saturated carbocycles. The van der Waals surface area contributed by atoms with Gasteiger partial charge in [0, 0.05) is 12.8 Å². The zero-order valence-electron chi connectivity index (χ0n) is 11.8. The maximum atomic E-state index is 11.1. The average Bonchev–Trinajstić information content (AvgIpc) is 2.89. The molecule has 4 nitrogen and oxygen atoms in total. The zero-order chi connectivity index (χ0) is 14.9. The molecule has 1 unspecified atom stereocenters. The molecule has 0 radical (unpaired) electrons. The predicted octanol–water partition coefficient (Wildman–Crippen LogP) is 3.86. The fraction of sp³-hybridized carbons (Fsp3) is 0.562. The smallest absolute Gasteiger partial charge is 0.335 e. The van der Waals surface area contributed by atoms with Crippen molar-refractivity contribution >= 4 is 28.6 Å². The first-order valence-electron chi connectivity index (χ1n) is 7.41. The van der Waals surface area contributed by atoms with Crippen LogP contribution in [0.4, 0.5) is 0 Å². The summed E-state index contributed by atoms with van der Waals surface area (Å²) >= 11 is 2.19. The number of carboxylic acids is 1. The molecule has 1 aliphatic carbocycles. The number of halogens is 1. The van der Waals surface area contributed by atoms with Crippen LogP contribution in [-0.4, -0.2) is 29.4 Å². The van der Waals surface area contributed by atoms with E-state index in [-0.39, 0.29) is 17.3 Å². The summed E-state index contributed by atoms with van der Waals surface area (Å²) in [5.41, 5.74) is 0.284. The third-order valence-electron chi connectivity index (χ3n) is 4.43. The van der Waals surface area contributed by atoms with Crippen molar-refractivity contribution in [2.45, 2.75) is 50.2 Å². The molecule has 21 heavy (non-hydrogen) atoms. The molecule has 1 N–H and O–H groups in total. The Kier molecular flexibility index (Phi) is 4.40. The Morgan fingerprint density at radius 2 is 2.14 bits per heavy atom. The minimum Gasteiger partial charge on any atom is -0.489 e. The van der Waals surface area contributed by atoms with Crippen molar-refractivity contribution in [3.63, 3.8) is 0 Å². The first-order valence-corrected chi connectivity index (χ1v) is 8.49. The Labute approximate surface area is 138 Å². The second kappa shape index (κ2) is 6.12. The molecule has 1 aromatic rings. The summed E-state index contributed by atoms with van der Waals surface area (Å²) in [5.74, 6) is -0.244. The summed E-state index contributed by atoms with van der Waals surface area (Å²) in [6.45, 7) is 0.736. The normalized spacial score (nSPS) is 24.1. The lowest BCUT2D eigenvalue weighted by molar-refractivity contribution is -0.108. The standard InChI is InChI=1S/C16H19IO4/c17-13-4-3-11(15(18)19)9-14(13)21-12-5-8-20-16(10-12)6-1-2-7-16/h3-4,9,12H,1-2,5-8,10H2,(H,18,19). The Balaban J connectivity index is 1.74. The summed E-state index contributed by atoms with van der Waals surface area (Å²) in [6, 6.07) is 5.03. The van der Waals surface area contributed by atoms with E-state index in [0.29, 0.717) is 5.75 Å². The maximum absolute atomic E-state index is 11.1. The molecule has 1 heterocycles. The van der Waals surface area contributed by atoms with Crippen molar-refractivity contribution in [3.05, 3.63) is 27.3 Å². The van der Waals surface area contributed by atoms with E-state index in [2.05, 4.69) is 22.6 Å². The van der Waals surface area contributed by atoms with Crippen molar-refractivity contribution in [1.29, 1.82) is 0 Å². The third-order valence-corrected chi connectivity index (χ3v) is 5.33. The van der Waals surface area contributed by atoms with Gasteiger partial charge < -0.3 is 14.6 Å². The molecule has 1 aliphatic heterocycles. The minimum atomic E-state index is -0.921. The van der Waals surface area contributed by atoms with Gasteiger partial charge in [-0.25, -0.2) is 4.79 Å². The molecule has 2 fully saturated rings. The van der Waals surface area contributed by atoms with Crippen LogP contribution in [0.3, 0.4) is 0 Å². The SMILES string of the molecule is O=C(O)c1ccc(I)c(OC2CCOC3(CCCC3)C2)c1. The summed E-state index contributed by atoms with van der Waals surface area (Å²) < 4.78 is 13.1.